The number of rotatable bonds is 3. The maximum Gasteiger partial charge on any atom is 0.170 e. The van der Waals surface area contributed by atoms with E-state index in [4.69, 9.17) is 17.3 Å². The Balaban J connectivity index is 2.44. The van der Waals surface area contributed by atoms with Crippen molar-refractivity contribution in [3.05, 3.63) is 24.3 Å². The van der Waals surface area contributed by atoms with Gasteiger partial charge in [-0.2, -0.15) is 0 Å². The minimum atomic E-state index is 0.253. The second-order valence-electron chi connectivity index (χ2n) is 2.93. The van der Waals surface area contributed by atoms with Crippen LogP contribution < -0.4 is 10.6 Å². The number of aromatic hydroxyl groups is 1. The number of anilines is 1. The first-order valence-electron chi connectivity index (χ1n) is 4.56. The average molecular weight is 210 g/mol. The van der Waals surface area contributed by atoms with Crippen molar-refractivity contribution in [3.63, 3.8) is 0 Å². The number of phenols is 1. The molecule has 0 saturated heterocycles. The Labute approximate surface area is 89.1 Å². The van der Waals surface area contributed by atoms with Crippen LogP contribution in [0.2, 0.25) is 0 Å². The molecule has 0 unspecified atom stereocenters. The molecule has 1 rings (SSSR count). The zero-order valence-electron chi connectivity index (χ0n) is 8.08. The zero-order valence-corrected chi connectivity index (χ0v) is 8.90. The van der Waals surface area contributed by atoms with Crippen molar-refractivity contribution in [1.82, 2.24) is 5.32 Å². The molecule has 0 atom stereocenters. The Hall–Kier alpha value is -1.29. The third kappa shape index (κ3) is 3.62. The lowest BCUT2D eigenvalue weighted by Gasteiger charge is -2.09. The molecule has 0 amide bonds. The van der Waals surface area contributed by atoms with Crippen LogP contribution >= 0.6 is 12.2 Å². The molecule has 3 N–H and O–H groups in total. The predicted octanol–water partition coefficient (Wildman–Crippen LogP) is 2.09. The summed E-state index contributed by atoms with van der Waals surface area (Å²) in [5.41, 5.74) is 0.872. The van der Waals surface area contributed by atoms with Gasteiger partial charge in [0.25, 0.3) is 0 Å². The van der Waals surface area contributed by atoms with E-state index >= 15 is 0 Å². The standard InChI is InChI=1S/C10H14N2OS/c1-2-7-11-10(14)12-8-3-5-9(13)6-4-8/h3-6,13H,2,7H2,1H3,(H2,11,12,14). The van der Waals surface area contributed by atoms with Crippen molar-refractivity contribution in [2.75, 3.05) is 11.9 Å². The van der Waals surface area contributed by atoms with E-state index in [2.05, 4.69) is 17.6 Å². The van der Waals surface area contributed by atoms with Crippen LogP contribution in [0.5, 0.6) is 5.75 Å². The van der Waals surface area contributed by atoms with Crippen LogP contribution in [0, 0.1) is 0 Å². The molecule has 0 aliphatic carbocycles. The number of benzene rings is 1. The molecule has 1 aromatic rings. The fourth-order valence-corrected chi connectivity index (χ4v) is 1.18. The van der Waals surface area contributed by atoms with E-state index in [0.29, 0.717) is 5.11 Å². The fraction of sp³-hybridized carbons (Fsp3) is 0.300. The predicted molar refractivity (Wildman–Crippen MR) is 62.6 cm³/mol. The lowest BCUT2D eigenvalue weighted by molar-refractivity contribution is 0.475. The normalized spacial score (nSPS) is 9.50. The fourth-order valence-electron chi connectivity index (χ4n) is 0.959. The molecule has 4 heteroatoms. The van der Waals surface area contributed by atoms with E-state index in [9.17, 15) is 0 Å². The number of nitrogens with one attached hydrogen (secondary N) is 2. The van der Waals surface area contributed by atoms with Gasteiger partial charge in [0.1, 0.15) is 5.75 Å². The highest BCUT2D eigenvalue weighted by atomic mass is 32.1. The lowest BCUT2D eigenvalue weighted by Crippen LogP contribution is -2.28. The monoisotopic (exact) mass is 210 g/mol. The summed E-state index contributed by atoms with van der Waals surface area (Å²) in [7, 11) is 0. The highest BCUT2D eigenvalue weighted by Crippen LogP contribution is 2.13. The van der Waals surface area contributed by atoms with Crippen molar-refractivity contribution in [2.24, 2.45) is 0 Å². The van der Waals surface area contributed by atoms with Gasteiger partial charge in [-0.25, -0.2) is 0 Å². The van der Waals surface area contributed by atoms with Gasteiger partial charge in [-0.1, -0.05) is 6.92 Å². The Kier molecular flexibility index (Phi) is 4.19. The largest absolute Gasteiger partial charge is 0.508 e. The molecule has 0 radical (unpaired) electrons. The van der Waals surface area contributed by atoms with Gasteiger partial charge < -0.3 is 15.7 Å². The van der Waals surface area contributed by atoms with Crippen LogP contribution in [0.1, 0.15) is 13.3 Å². The molecule has 1 aromatic carbocycles. The van der Waals surface area contributed by atoms with E-state index < -0.39 is 0 Å². The third-order valence-electron chi connectivity index (χ3n) is 1.66. The average Bonchev–Trinajstić information content (AvgIpc) is 2.18. The molecule has 14 heavy (non-hydrogen) atoms. The Morgan fingerprint density at radius 1 is 1.36 bits per heavy atom. The van der Waals surface area contributed by atoms with E-state index in [1.54, 1.807) is 24.3 Å². The molecule has 3 nitrogen and oxygen atoms in total. The van der Waals surface area contributed by atoms with E-state index in [1.165, 1.54) is 0 Å². The summed E-state index contributed by atoms with van der Waals surface area (Å²) >= 11 is 5.05. The quantitative estimate of drug-likeness (QED) is 0.528. The molecule has 0 fully saturated rings. The van der Waals surface area contributed by atoms with Crippen LogP contribution in [0.15, 0.2) is 24.3 Å². The number of hydrogen-bond donors (Lipinski definition) is 3. The smallest absolute Gasteiger partial charge is 0.170 e. The van der Waals surface area contributed by atoms with Gasteiger partial charge in [-0.3, -0.25) is 0 Å². The van der Waals surface area contributed by atoms with Gasteiger partial charge in [0.2, 0.25) is 0 Å². The molecule has 0 aliphatic rings. The Bertz CT molecular complexity index is 297. The van der Waals surface area contributed by atoms with Gasteiger partial charge in [0.15, 0.2) is 5.11 Å². The highest BCUT2D eigenvalue weighted by molar-refractivity contribution is 7.80. The van der Waals surface area contributed by atoms with Crippen molar-refractivity contribution in [2.45, 2.75) is 13.3 Å². The number of phenolic OH excluding ortho intramolecular Hbond substituents is 1. The maximum absolute atomic E-state index is 9.06. The van der Waals surface area contributed by atoms with Crippen molar-refractivity contribution < 1.29 is 5.11 Å². The molecule has 0 spiro atoms. The van der Waals surface area contributed by atoms with E-state index in [0.717, 1.165) is 18.7 Å². The second-order valence-corrected chi connectivity index (χ2v) is 3.34. The van der Waals surface area contributed by atoms with Gasteiger partial charge in [0.05, 0.1) is 0 Å². The first-order chi connectivity index (χ1) is 6.72. The van der Waals surface area contributed by atoms with Crippen molar-refractivity contribution in [1.29, 1.82) is 0 Å². The summed E-state index contributed by atoms with van der Waals surface area (Å²) in [5, 5.41) is 15.7. The SMILES string of the molecule is CCCNC(=S)Nc1ccc(O)cc1. The summed E-state index contributed by atoms with van der Waals surface area (Å²) in [5.74, 6) is 0.253. The van der Waals surface area contributed by atoms with E-state index in [1.807, 2.05) is 0 Å². The first-order valence-corrected chi connectivity index (χ1v) is 4.97. The van der Waals surface area contributed by atoms with Gasteiger partial charge in [-0.05, 0) is 42.9 Å². The van der Waals surface area contributed by atoms with Gasteiger partial charge in [0, 0.05) is 12.2 Å². The molecule has 0 bridgehead atoms. The third-order valence-corrected chi connectivity index (χ3v) is 1.91. The summed E-state index contributed by atoms with van der Waals surface area (Å²) in [6, 6.07) is 6.78. The summed E-state index contributed by atoms with van der Waals surface area (Å²) in [4.78, 5) is 0. The zero-order chi connectivity index (χ0) is 10.4. The van der Waals surface area contributed by atoms with E-state index in [-0.39, 0.29) is 5.75 Å². The molecular formula is C10H14N2OS. The topological polar surface area (TPSA) is 44.3 Å². The van der Waals surface area contributed by atoms with Crippen LogP contribution in [0.3, 0.4) is 0 Å². The molecule has 0 aliphatic heterocycles. The van der Waals surface area contributed by atoms with Crippen LogP contribution in [-0.2, 0) is 0 Å². The van der Waals surface area contributed by atoms with Gasteiger partial charge in [-0.15, -0.1) is 0 Å². The minimum Gasteiger partial charge on any atom is -0.508 e. The van der Waals surface area contributed by atoms with Crippen molar-refractivity contribution >= 4 is 23.0 Å². The molecule has 0 heterocycles. The first kappa shape index (κ1) is 10.8. The van der Waals surface area contributed by atoms with Gasteiger partial charge >= 0.3 is 0 Å². The number of hydrogen-bond acceptors (Lipinski definition) is 2. The molecular weight excluding hydrogens is 196 g/mol. The highest BCUT2D eigenvalue weighted by Gasteiger charge is 1.95. The summed E-state index contributed by atoms with van der Waals surface area (Å²) in [6.07, 6.45) is 1.04. The number of thiocarbonyl (C=S) groups is 1. The minimum absolute atomic E-state index is 0.253. The molecule has 76 valence electrons. The lowest BCUT2D eigenvalue weighted by atomic mass is 10.3. The maximum atomic E-state index is 9.06. The van der Waals surface area contributed by atoms with Crippen molar-refractivity contribution in [3.8, 4) is 5.75 Å². The Morgan fingerprint density at radius 2 is 2.00 bits per heavy atom. The molecule has 0 saturated carbocycles. The second kappa shape index (κ2) is 5.44. The Morgan fingerprint density at radius 3 is 2.57 bits per heavy atom. The van der Waals surface area contributed by atoms with Crippen LogP contribution in [0.25, 0.3) is 0 Å². The van der Waals surface area contributed by atoms with Crippen LogP contribution in [0.4, 0.5) is 5.69 Å². The summed E-state index contributed by atoms with van der Waals surface area (Å²) in [6.45, 7) is 2.94. The van der Waals surface area contributed by atoms with Crippen LogP contribution in [-0.4, -0.2) is 16.8 Å². The molecule has 0 aromatic heterocycles. The summed E-state index contributed by atoms with van der Waals surface area (Å²) < 4.78 is 0.